The molecule has 3 aromatic heterocycles. The zero-order valence-corrected chi connectivity index (χ0v) is 18.1. The number of rotatable bonds is 6. The first kappa shape index (κ1) is 21.1. The molecule has 162 valence electrons. The fourth-order valence-electron chi connectivity index (χ4n) is 3.36. The van der Waals surface area contributed by atoms with E-state index in [0.29, 0.717) is 11.5 Å². The predicted molar refractivity (Wildman–Crippen MR) is 119 cm³/mol. The van der Waals surface area contributed by atoms with Gasteiger partial charge in [-0.2, -0.15) is 5.10 Å². The molecular formula is C23H23N7O2. The maximum atomic E-state index is 12.8. The van der Waals surface area contributed by atoms with E-state index in [-0.39, 0.29) is 18.0 Å². The van der Waals surface area contributed by atoms with Gasteiger partial charge in [-0.25, -0.2) is 19.3 Å². The van der Waals surface area contributed by atoms with E-state index in [4.69, 9.17) is 0 Å². The molecule has 0 saturated heterocycles. The van der Waals surface area contributed by atoms with E-state index in [0.717, 1.165) is 27.3 Å². The molecule has 0 aliphatic rings. The number of carbonyl (C=O) groups excluding carboxylic acids is 1. The molecule has 0 fully saturated rings. The Labute approximate surface area is 184 Å². The molecule has 9 nitrogen and oxygen atoms in total. The van der Waals surface area contributed by atoms with Gasteiger partial charge in [0.1, 0.15) is 12.4 Å². The molecule has 0 saturated carbocycles. The fraction of sp³-hybridized carbons (Fsp3) is 0.217. The fourth-order valence-corrected chi connectivity index (χ4v) is 3.36. The molecule has 1 atom stereocenters. The second-order valence-electron chi connectivity index (χ2n) is 7.47. The Balaban J connectivity index is 1.49. The van der Waals surface area contributed by atoms with Crippen molar-refractivity contribution in [3.63, 3.8) is 0 Å². The summed E-state index contributed by atoms with van der Waals surface area (Å²) in [6, 6.07) is 15.6. The third-order valence-electron chi connectivity index (χ3n) is 5.02. The summed E-state index contributed by atoms with van der Waals surface area (Å²) in [6.07, 6.45) is 1.47. The van der Waals surface area contributed by atoms with Crippen molar-refractivity contribution in [2.45, 2.75) is 33.4 Å². The third kappa shape index (κ3) is 4.46. The summed E-state index contributed by atoms with van der Waals surface area (Å²) in [7, 11) is 0. The molecule has 4 aromatic rings. The molecule has 1 unspecified atom stereocenters. The Hall–Kier alpha value is -4.14. The number of hydrogen-bond donors (Lipinski definition) is 1. The molecule has 9 heteroatoms. The monoisotopic (exact) mass is 429 g/mol. The highest BCUT2D eigenvalue weighted by molar-refractivity contribution is 5.79. The summed E-state index contributed by atoms with van der Waals surface area (Å²) in [4.78, 5) is 33.7. The van der Waals surface area contributed by atoms with Crippen molar-refractivity contribution >= 4 is 5.91 Å². The smallest absolute Gasteiger partial charge is 0.267 e. The van der Waals surface area contributed by atoms with Crippen LogP contribution in [-0.4, -0.2) is 35.4 Å². The summed E-state index contributed by atoms with van der Waals surface area (Å²) in [6.45, 7) is 5.62. The van der Waals surface area contributed by atoms with Crippen molar-refractivity contribution in [1.29, 1.82) is 0 Å². The van der Waals surface area contributed by atoms with Crippen LogP contribution >= 0.6 is 0 Å². The Kier molecular flexibility index (Phi) is 5.89. The molecule has 0 spiro atoms. The van der Waals surface area contributed by atoms with Gasteiger partial charge in [-0.3, -0.25) is 9.59 Å². The molecule has 3 heterocycles. The van der Waals surface area contributed by atoms with Gasteiger partial charge in [0.15, 0.2) is 5.82 Å². The normalized spacial score (nSPS) is 11.8. The van der Waals surface area contributed by atoms with Crippen LogP contribution in [0.4, 0.5) is 0 Å². The lowest BCUT2D eigenvalue weighted by Crippen LogP contribution is -2.37. The van der Waals surface area contributed by atoms with Crippen LogP contribution in [0.25, 0.3) is 17.1 Å². The molecule has 1 amide bonds. The van der Waals surface area contributed by atoms with E-state index in [1.165, 1.54) is 12.4 Å². The molecule has 0 radical (unpaired) electrons. The SMILES string of the molecule is Cc1cc(C)n(-c2ccc(=O)n(C(C)C(=O)NCc3cc(-c4ccccc4)ncn3)n2)n1. The number of hydrogen-bond acceptors (Lipinski definition) is 6. The Morgan fingerprint density at radius 1 is 1.03 bits per heavy atom. The van der Waals surface area contributed by atoms with Crippen LogP contribution in [0.15, 0.2) is 65.7 Å². The van der Waals surface area contributed by atoms with Crippen LogP contribution in [0.3, 0.4) is 0 Å². The minimum absolute atomic E-state index is 0.206. The summed E-state index contributed by atoms with van der Waals surface area (Å²) in [5, 5.41) is 11.6. The lowest BCUT2D eigenvalue weighted by molar-refractivity contribution is -0.124. The highest BCUT2D eigenvalue weighted by Crippen LogP contribution is 2.16. The standard InChI is InChI=1S/C23H23N7O2/c1-15-11-16(2)29(27-15)21-9-10-22(31)30(28-21)17(3)23(32)24-13-19-12-20(26-14-25-19)18-7-5-4-6-8-18/h4-12,14,17H,13H2,1-3H3,(H,24,32). The number of aryl methyl sites for hydroxylation is 2. The second-order valence-corrected chi connectivity index (χ2v) is 7.47. The highest BCUT2D eigenvalue weighted by atomic mass is 16.2. The quantitative estimate of drug-likeness (QED) is 0.504. The molecule has 0 bridgehead atoms. The minimum Gasteiger partial charge on any atom is -0.349 e. The molecular weight excluding hydrogens is 406 g/mol. The number of nitrogens with zero attached hydrogens (tertiary/aromatic N) is 6. The van der Waals surface area contributed by atoms with Crippen molar-refractivity contribution < 1.29 is 4.79 Å². The van der Waals surface area contributed by atoms with Crippen LogP contribution in [0.2, 0.25) is 0 Å². The van der Waals surface area contributed by atoms with Crippen molar-refractivity contribution in [3.8, 4) is 17.1 Å². The number of nitrogens with one attached hydrogen (secondary N) is 1. The molecule has 1 N–H and O–H groups in total. The molecule has 1 aromatic carbocycles. The number of carbonyl (C=O) groups is 1. The summed E-state index contributed by atoms with van der Waals surface area (Å²) in [5.41, 5.74) is 3.76. The van der Waals surface area contributed by atoms with Gasteiger partial charge in [0.2, 0.25) is 5.91 Å². The highest BCUT2D eigenvalue weighted by Gasteiger charge is 2.19. The van der Waals surface area contributed by atoms with E-state index < -0.39 is 6.04 Å². The first-order valence-corrected chi connectivity index (χ1v) is 10.2. The predicted octanol–water partition coefficient (Wildman–Crippen LogP) is 2.38. The van der Waals surface area contributed by atoms with E-state index >= 15 is 0 Å². The summed E-state index contributed by atoms with van der Waals surface area (Å²) in [5.74, 6) is 0.128. The topological polar surface area (TPSA) is 108 Å². The zero-order chi connectivity index (χ0) is 22.7. The van der Waals surface area contributed by atoms with Gasteiger partial charge in [-0.1, -0.05) is 30.3 Å². The van der Waals surface area contributed by atoms with Gasteiger partial charge in [-0.15, -0.1) is 5.10 Å². The van der Waals surface area contributed by atoms with E-state index in [1.54, 1.807) is 17.7 Å². The first-order chi connectivity index (χ1) is 15.4. The van der Waals surface area contributed by atoms with Crippen LogP contribution in [0, 0.1) is 13.8 Å². The van der Waals surface area contributed by atoms with Crippen LogP contribution < -0.4 is 10.9 Å². The molecule has 4 rings (SSSR count). The van der Waals surface area contributed by atoms with Gasteiger partial charge in [-0.05, 0) is 39.0 Å². The maximum Gasteiger partial charge on any atom is 0.267 e. The van der Waals surface area contributed by atoms with Gasteiger partial charge in [0, 0.05) is 17.3 Å². The maximum absolute atomic E-state index is 12.8. The summed E-state index contributed by atoms with van der Waals surface area (Å²) >= 11 is 0. The Morgan fingerprint density at radius 2 is 1.81 bits per heavy atom. The molecule has 0 aliphatic carbocycles. The molecule has 0 aliphatic heterocycles. The van der Waals surface area contributed by atoms with Gasteiger partial charge in [0.05, 0.1) is 23.6 Å². The van der Waals surface area contributed by atoms with Crippen LogP contribution in [0.5, 0.6) is 0 Å². The van der Waals surface area contributed by atoms with E-state index in [1.807, 2.05) is 56.3 Å². The number of amides is 1. The lowest BCUT2D eigenvalue weighted by atomic mass is 10.1. The average molecular weight is 429 g/mol. The van der Waals surface area contributed by atoms with E-state index in [9.17, 15) is 9.59 Å². The Bertz CT molecular complexity index is 1310. The minimum atomic E-state index is -0.810. The lowest BCUT2D eigenvalue weighted by Gasteiger charge is -2.15. The third-order valence-corrected chi connectivity index (χ3v) is 5.02. The average Bonchev–Trinajstić information content (AvgIpc) is 3.16. The van der Waals surface area contributed by atoms with Gasteiger partial charge >= 0.3 is 0 Å². The molecule has 32 heavy (non-hydrogen) atoms. The van der Waals surface area contributed by atoms with E-state index in [2.05, 4.69) is 25.5 Å². The van der Waals surface area contributed by atoms with Crippen molar-refractivity contribution in [1.82, 2.24) is 34.8 Å². The number of benzene rings is 1. The largest absolute Gasteiger partial charge is 0.349 e. The van der Waals surface area contributed by atoms with Crippen molar-refractivity contribution in [3.05, 3.63) is 88.4 Å². The van der Waals surface area contributed by atoms with Crippen LogP contribution in [0.1, 0.15) is 30.0 Å². The Morgan fingerprint density at radius 3 is 2.53 bits per heavy atom. The van der Waals surface area contributed by atoms with Crippen molar-refractivity contribution in [2.75, 3.05) is 0 Å². The first-order valence-electron chi connectivity index (χ1n) is 10.2. The van der Waals surface area contributed by atoms with Gasteiger partial charge < -0.3 is 5.32 Å². The summed E-state index contributed by atoms with van der Waals surface area (Å²) < 4.78 is 2.80. The second kappa shape index (κ2) is 8.93. The van der Waals surface area contributed by atoms with Crippen molar-refractivity contribution in [2.24, 2.45) is 0 Å². The van der Waals surface area contributed by atoms with Crippen LogP contribution in [-0.2, 0) is 11.3 Å². The number of aromatic nitrogens is 6. The zero-order valence-electron chi connectivity index (χ0n) is 18.1. The van der Waals surface area contributed by atoms with Gasteiger partial charge in [0.25, 0.3) is 5.56 Å².